The van der Waals surface area contributed by atoms with Crippen LogP contribution < -0.4 is 0 Å². The number of nitrogens with zero attached hydrogens (tertiary/aromatic N) is 1. The minimum Gasteiger partial charge on any atom is -0.590 e. The molecule has 0 saturated heterocycles. The van der Waals surface area contributed by atoms with Crippen LogP contribution in [0.25, 0.3) is 0 Å². The Kier molecular flexibility index (Phi) is 20.7. The molecule has 0 bridgehead atoms. The van der Waals surface area contributed by atoms with Crippen LogP contribution in [0.5, 0.6) is 0 Å². The van der Waals surface area contributed by atoms with E-state index in [9.17, 15) is 9.44 Å². The lowest BCUT2D eigenvalue weighted by atomic mass is 10.1. The van der Waals surface area contributed by atoms with E-state index in [1.54, 1.807) is 0 Å². The fourth-order valence-corrected chi connectivity index (χ4v) is 2.64. The quantitative estimate of drug-likeness (QED) is 0.404. The van der Waals surface area contributed by atoms with Crippen LogP contribution >= 0.6 is 0 Å². The van der Waals surface area contributed by atoms with E-state index in [2.05, 4.69) is 27.7 Å². The summed E-state index contributed by atoms with van der Waals surface area (Å²) >= 11 is 0. The van der Waals surface area contributed by atoms with Crippen molar-refractivity contribution < 1.29 is 18.6 Å². The first kappa shape index (κ1) is 22.0. The summed E-state index contributed by atoms with van der Waals surface area (Å²) in [6.07, 6.45) is 11.1. The lowest BCUT2D eigenvalue weighted by molar-refractivity contribution is -0.929. The highest BCUT2D eigenvalue weighted by atomic mass is 19.0. The molecule has 20 heavy (non-hydrogen) atoms. The van der Waals surface area contributed by atoms with Gasteiger partial charge in [0.15, 0.2) is 1.48 Å². The first-order valence-corrected chi connectivity index (χ1v) is 8.09. The maximum Gasteiger partial charge on any atom is 0.180 e. The Morgan fingerprint density at radius 2 is 0.800 bits per heavy atom. The lowest BCUT2D eigenvalue weighted by Gasteiger charge is -2.39. The van der Waals surface area contributed by atoms with E-state index in [0.29, 0.717) is 0 Å². The fourth-order valence-electron chi connectivity index (χ4n) is 2.64. The van der Waals surface area contributed by atoms with E-state index < -0.39 is 0 Å². The average molecular weight is 301 g/mol. The van der Waals surface area contributed by atoms with Gasteiger partial charge in [0.25, 0.3) is 0 Å². The van der Waals surface area contributed by atoms with E-state index >= 15 is 0 Å². The first-order valence-electron chi connectivity index (χ1n) is 8.85. The molecule has 0 aliphatic heterocycles. The van der Waals surface area contributed by atoms with Crippen molar-refractivity contribution in [3.8, 4) is 0 Å². The van der Waals surface area contributed by atoms with Crippen molar-refractivity contribution in [2.45, 2.75) is 79.1 Å². The van der Waals surface area contributed by atoms with Crippen LogP contribution in [-0.2, 0) is 0 Å². The number of hydrogen-bond donors (Lipinski definition) is 0. The molecule has 128 valence electrons. The predicted octanol–water partition coefficient (Wildman–Crippen LogP) is 5.73. The third-order valence-corrected chi connectivity index (χ3v) is 3.94. The second-order valence-electron chi connectivity index (χ2n) is 5.65. The van der Waals surface area contributed by atoms with Gasteiger partial charge in [-0.15, -0.1) is 0 Å². The molecule has 0 aliphatic carbocycles. The smallest absolute Gasteiger partial charge is 0.180 e. The van der Waals surface area contributed by atoms with Crippen LogP contribution in [0.1, 0.15) is 79.1 Å². The largest absolute Gasteiger partial charge is 0.590 e. The van der Waals surface area contributed by atoms with Gasteiger partial charge in [0, 0.05) is 0 Å². The summed E-state index contributed by atoms with van der Waals surface area (Å²) in [6.45, 7) is 15.0. The Balaban J connectivity index is -0.000000740. The number of halogens is 3. The summed E-state index contributed by atoms with van der Waals surface area (Å²) < 4.78 is 19.9. The molecule has 0 fully saturated rings. The molecule has 0 atom stereocenters. The third kappa shape index (κ3) is 12.8. The zero-order valence-corrected chi connectivity index (χ0v) is 14.1. The van der Waals surface area contributed by atoms with E-state index in [0.717, 1.165) is 0 Å². The van der Waals surface area contributed by atoms with E-state index in [1.165, 1.54) is 82.0 Å². The molecule has 0 unspecified atom stereocenters. The van der Waals surface area contributed by atoms with Gasteiger partial charge in [-0.1, -0.05) is 53.4 Å². The van der Waals surface area contributed by atoms with E-state index in [1.807, 2.05) is 0 Å². The highest BCUT2D eigenvalue weighted by molar-refractivity contribution is 4.49. The molecule has 0 aromatic heterocycles. The van der Waals surface area contributed by atoms with Crippen molar-refractivity contribution >= 4 is 0 Å². The van der Waals surface area contributed by atoms with Gasteiger partial charge < -0.3 is 13.9 Å². The van der Waals surface area contributed by atoms with Gasteiger partial charge in [-0.2, -0.15) is 0 Å². The van der Waals surface area contributed by atoms with Gasteiger partial charge >= 0.3 is 0 Å². The molecule has 0 radical (unpaired) electrons. The maximum absolute atomic E-state index is 9.38. The van der Waals surface area contributed by atoms with Gasteiger partial charge in [0.05, 0.1) is 26.2 Å². The summed E-state index contributed by atoms with van der Waals surface area (Å²) in [5.41, 5.74) is 0. The summed E-state index contributed by atoms with van der Waals surface area (Å²) in [4.78, 5) is 0. The van der Waals surface area contributed by atoms with Crippen molar-refractivity contribution in [1.29, 1.82) is 1.48 Å². The Morgan fingerprint density at radius 1 is 0.600 bits per heavy atom. The zero-order valence-electron chi connectivity index (χ0n) is 15.1. The highest BCUT2D eigenvalue weighted by Gasteiger charge is 2.24. The monoisotopic (exact) mass is 301 g/mol. The third-order valence-electron chi connectivity index (χ3n) is 3.94. The van der Waals surface area contributed by atoms with Crippen molar-refractivity contribution in [2.24, 2.45) is 0 Å². The number of rotatable bonds is 12. The lowest BCUT2D eigenvalue weighted by Crippen LogP contribution is -2.50. The minimum atomic E-state index is -0.250. The number of quaternary nitrogens is 1. The molecule has 0 amide bonds. The van der Waals surface area contributed by atoms with Crippen molar-refractivity contribution in [3.05, 3.63) is 0 Å². The molecule has 4 heteroatoms. The summed E-state index contributed by atoms with van der Waals surface area (Å²) in [5, 5.41) is 0. The summed E-state index contributed by atoms with van der Waals surface area (Å²) in [5.74, 6) is 0. The molecule has 0 aliphatic rings. The second kappa shape index (κ2) is 18.8. The Hall–Kier alpha value is -0.250. The molecule has 0 spiro atoms. The highest BCUT2D eigenvalue weighted by Crippen LogP contribution is 2.16. The number of unbranched alkanes of at least 4 members (excludes halogenated alkanes) is 4. The van der Waals surface area contributed by atoms with Gasteiger partial charge in [0.1, 0.15) is 0 Å². The molecule has 0 N–H and O–H groups in total. The van der Waals surface area contributed by atoms with Gasteiger partial charge in [-0.25, -0.2) is 0 Å². The van der Waals surface area contributed by atoms with Crippen molar-refractivity contribution in [2.75, 3.05) is 26.2 Å². The topological polar surface area (TPSA) is 0 Å². The summed E-state index contributed by atoms with van der Waals surface area (Å²) in [6, 6.07) is 0. The molecular formula is C16H38F3N. The molecule has 0 aromatic rings. The van der Waals surface area contributed by atoms with Crippen molar-refractivity contribution in [1.82, 2.24) is 0 Å². The van der Waals surface area contributed by atoms with Crippen molar-refractivity contribution in [3.63, 3.8) is 0 Å². The maximum atomic E-state index is 9.38. The zero-order chi connectivity index (χ0) is 15.7. The first-order chi connectivity index (χ1) is 9.66. The van der Waals surface area contributed by atoms with E-state index in [-0.39, 0.29) is 6.18 Å². The molecule has 0 aromatic carbocycles. The van der Waals surface area contributed by atoms with Gasteiger partial charge in [-0.05, 0) is 25.7 Å². The summed E-state index contributed by atoms with van der Waals surface area (Å²) in [7, 11) is 0. The van der Waals surface area contributed by atoms with Crippen LogP contribution in [0.4, 0.5) is 14.1 Å². The Labute approximate surface area is 126 Å². The van der Waals surface area contributed by atoms with Crippen LogP contribution in [0.3, 0.4) is 0 Å². The van der Waals surface area contributed by atoms with Gasteiger partial charge in [-0.3, -0.25) is 4.70 Å². The SMILES string of the molecule is CCCC[N+](CCCC)(CCCC)CCCC.F.F[H-]F. The molecule has 0 heterocycles. The average Bonchev–Trinajstić information content (AvgIpc) is 2.46. The van der Waals surface area contributed by atoms with Crippen LogP contribution in [0.2, 0.25) is 0 Å². The second-order valence-corrected chi connectivity index (χ2v) is 5.65. The molecule has 0 rings (SSSR count). The Morgan fingerprint density at radius 3 is 0.950 bits per heavy atom. The molecular weight excluding hydrogens is 263 g/mol. The molecule has 1 nitrogen and oxygen atoms in total. The normalized spacial score (nSPS) is 10.7. The van der Waals surface area contributed by atoms with E-state index in [4.69, 9.17) is 0 Å². The van der Waals surface area contributed by atoms with Gasteiger partial charge in [0.2, 0.25) is 0 Å². The van der Waals surface area contributed by atoms with Crippen LogP contribution in [-0.4, -0.2) is 32.1 Å². The minimum absolute atomic E-state index is 0. The Bertz CT molecular complexity index is 145. The van der Waals surface area contributed by atoms with Crippen LogP contribution in [0.15, 0.2) is 0 Å². The standard InChI is InChI=1S/C16H36N.F2H.FH/c1-5-9-13-17(14-10-6-2,15-11-7-3)16-12-8-4;1-3-2;/h5-16H2,1-4H3;;1H/q+1;-1;. The number of hydrogen-bond acceptors (Lipinski definition) is 0. The fraction of sp³-hybridized carbons (Fsp3) is 1.00. The molecule has 0 saturated carbocycles. The van der Waals surface area contributed by atoms with Crippen LogP contribution in [0, 0.1) is 0 Å². The predicted molar refractivity (Wildman–Crippen MR) is 85.5 cm³/mol.